The molecule has 1 rings (SSSR count). The van der Waals surface area contributed by atoms with Crippen LogP contribution in [-0.2, 0) is 17.9 Å². The van der Waals surface area contributed by atoms with Crippen molar-refractivity contribution in [3.63, 3.8) is 0 Å². The number of aliphatic hydroxyl groups is 1. The van der Waals surface area contributed by atoms with Gasteiger partial charge in [-0.15, -0.1) is 0 Å². The zero-order valence-electron chi connectivity index (χ0n) is 7.16. The fraction of sp³-hybridized carbons (Fsp3) is 0.222. The molecule has 0 atom stereocenters. The van der Waals surface area contributed by atoms with E-state index in [1.165, 1.54) is 0 Å². The summed E-state index contributed by atoms with van der Waals surface area (Å²) in [6.45, 7) is 0.318. The number of benzene rings is 1. The second kappa shape index (κ2) is 4.59. The fourth-order valence-electron chi connectivity index (χ4n) is 1.11. The van der Waals surface area contributed by atoms with Gasteiger partial charge >= 0.3 is 0 Å². The van der Waals surface area contributed by atoms with Crippen LogP contribution < -0.4 is 11.1 Å². The van der Waals surface area contributed by atoms with Crippen LogP contribution in [0.4, 0.5) is 5.69 Å². The maximum absolute atomic E-state index is 10.2. The van der Waals surface area contributed by atoms with E-state index in [0.717, 1.165) is 5.56 Å². The molecule has 4 nitrogen and oxygen atoms in total. The fourth-order valence-corrected chi connectivity index (χ4v) is 1.11. The number of amides is 1. The largest absolute Gasteiger partial charge is 0.392 e. The number of anilines is 1. The van der Waals surface area contributed by atoms with Crippen molar-refractivity contribution in [3.05, 3.63) is 29.3 Å². The lowest BCUT2D eigenvalue weighted by molar-refractivity contribution is -0.105. The summed E-state index contributed by atoms with van der Waals surface area (Å²) in [7, 11) is 0. The third-order valence-corrected chi connectivity index (χ3v) is 1.79. The Morgan fingerprint density at radius 2 is 2.31 bits per heavy atom. The first-order valence-corrected chi connectivity index (χ1v) is 3.94. The summed E-state index contributed by atoms with van der Waals surface area (Å²) in [4.78, 5) is 10.2. The van der Waals surface area contributed by atoms with Crippen LogP contribution in [0.2, 0.25) is 0 Å². The van der Waals surface area contributed by atoms with Crippen molar-refractivity contribution in [2.24, 2.45) is 5.73 Å². The van der Waals surface area contributed by atoms with Gasteiger partial charge in [0.15, 0.2) is 0 Å². The van der Waals surface area contributed by atoms with Gasteiger partial charge in [0.1, 0.15) is 0 Å². The predicted molar refractivity (Wildman–Crippen MR) is 49.9 cm³/mol. The van der Waals surface area contributed by atoms with Gasteiger partial charge in [0.2, 0.25) is 6.41 Å². The number of hydrogen-bond donors (Lipinski definition) is 3. The molecule has 0 saturated heterocycles. The van der Waals surface area contributed by atoms with Gasteiger partial charge in [0.25, 0.3) is 0 Å². The average Bonchev–Trinajstić information content (AvgIpc) is 2.19. The lowest BCUT2D eigenvalue weighted by Gasteiger charge is -2.07. The number of hydrogen-bond acceptors (Lipinski definition) is 3. The highest BCUT2D eigenvalue weighted by Gasteiger charge is 2.00. The van der Waals surface area contributed by atoms with Gasteiger partial charge in [-0.05, 0) is 11.6 Å². The molecule has 4 heteroatoms. The van der Waals surface area contributed by atoms with Crippen molar-refractivity contribution in [2.45, 2.75) is 13.2 Å². The molecular weight excluding hydrogens is 168 g/mol. The van der Waals surface area contributed by atoms with Gasteiger partial charge < -0.3 is 16.2 Å². The smallest absolute Gasteiger partial charge is 0.211 e. The van der Waals surface area contributed by atoms with Gasteiger partial charge in [-0.1, -0.05) is 12.1 Å². The minimum absolute atomic E-state index is 0.107. The third-order valence-electron chi connectivity index (χ3n) is 1.79. The highest BCUT2D eigenvalue weighted by atomic mass is 16.3. The molecule has 0 bridgehead atoms. The molecule has 0 unspecified atom stereocenters. The van der Waals surface area contributed by atoms with Crippen LogP contribution in [-0.4, -0.2) is 11.5 Å². The van der Waals surface area contributed by atoms with E-state index in [1.807, 2.05) is 6.07 Å². The summed E-state index contributed by atoms with van der Waals surface area (Å²) in [5.74, 6) is 0. The van der Waals surface area contributed by atoms with Crippen molar-refractivity contribution in [1.29, 1.82) is 0 Å². The molecule has 0 saturated carbocycles. The zero-order valence-corrected chi connectivity index (χ0v) is 7.16. The standard InChI is InChI=1S/C9H12N2O2/c10-4-7-1-2-9(11-6-13)8(3-7)5-12/h1-3,6,12H,4-5,10H2,(H,11,13). The van der Waals surface area contributed by atoms with E-state index in [1.54, 1.807) is 12.1 Å². The van der Waals surface area contributed by atoms with Crippen LogP contribution in [0.1, 0.15) is 11.1 Å². The number of carbonyl (C=O) groups excluding carboxylic acids is 1. The van der Waals surface area contributed by atoms with Crippen LogP contribution in [0.25, 0.3) is 0 Å². The average molecular weight is 180 g/mol. The van der Waals surface area contributed by atoms with E-state index in [9.17, 15) is 4.79 Å². The van der Waals surface area contributed by atoms with E-state index in [0.29, 0.717) is 24.2 Å². The molecule has 0 aliphatic rings. The topological polar surface area (TPSA) is 75.3 Å². The molecule has 70 valence electrons. The Morgan fingerprint density at radius 1 is 1.54 bits per heavy atom. The van der Waals surface area contributed by atoms with E-state index >= 15 is 0 Å². The quantitative estimate of drug-likeness (QED) is 0.579. The number of carbonyl (C=O) groups is 1. The molecule has 0 heterocycles. The molecule has 4 N–H and O–H groups in total. The van der Waals surface area contributed by atoms with E-state index in [-0.39, 0.29) is 6.61 Å². The van der Waals surface area contributed by atoms with Crippen molar-refractivity contribution >= 4 is 12.1 Å². The second-order valence-electron chi connectivity index (χ2n) is 2.62. The first-order chi connectivity index (χ1) is 6.31. The molecule has 0 aliphatic heterocycles. The van der Waals surface area contributed by atoms with Gasteiger partial charge in [0, 0.05) is 17.8 Å². The predicted octanol–water partition coefficient (Wildman–Crippen LogP) is 0.206. The molecule has 1 aromatic rings. The highest BCUT2D eigenvalue weighted by Crippen LogP contribution is 2.16. The summed E-state index contributed by atoms with van der Waals surface area (Å²) in [6, 6.07) is 5.30. The zero-order chi connectivity index (χ0) is 9.68. The van der Waals surface area contributed by atoms with Crippen LogP contribution in [0.3, 0.4) is 0 Å². The lowest BCUT2D eigenvalue weighted by atomic mass is 10.1. The van der Waals surface area contributed by atoms with Gasteiger partial charge in [-0.2, -0.15) is 0 Å². The third kappa shape index (κ3) is 2.27. The number of nitrogens with one attached hydrogen (secondary N) is 1. The number of nitrogens with two attached hydrogens (primary N) is 1. The van der Waals surface area contributed by atoms with Crippen molar-refractivity contribution in [1.82, 2.24) is 0 Å². The molecule has 0 aliphatic carbocycles. The summed E-state index contributed by atoms with van der Waals surface area (Å²) in [5, 5.41) is 11.5. The van der Waals surface area contributed by atoms with Gasteiger partial charge in [-0.25, -0.2) is 0 Å². The Balaban J connectivity index is 3.00. The minimum atomic E-state index is -0.107. The second-order valence-corrected chi connectivity index (χ2v) is 2.62. The Bertz CT molecular complexity index is 300. The van der Waals surface area contributed by atoms with Crippen LogP contribution in [0.5, 0.6) is 0 Å². The minimum Gasteiger partial charge on any atom is -0.392 e. The Morgan fingerprint density at radius 3 is 2.85 bits per heavy atom. The van der Waals surface area contributed by atoms with Crippen LogP contribution >= 0.6 is 0 Å². The summed E-state index contributed by atoms with van der Waals surface area (Å²) in [6.07, 6.45) is 0.580. The van der Waals surface area contributed by atoms with Crippen molar-refractivity contribution in [3.8, 4) is 0 Å². The lowest BCUT2D eigenvalue weighted by Crippen LogP contribution is -2.02. The number of rotatable bonds is 4. The molecule has 1 amide bonds. The molecule has 0 spiro atoms. The van der Waals surface area contributed by atoms with Gasteiger partial charge in [-0.3, -0.25) is 4.79 Å². The SMILES string of the molecule is NCc1ccc(NC=O)c(CO)c1. The van der Waals surface area contributed by atoms with Crippen molar-refractivity contribution in [2.75, 3.05) is 5.32 Å². The highest BCUT2D eigenvalue weighted by molar-refractivity contribution is 5.73. The summed E-state index contributed by atoms with van der Waals surface area (Å²) >= 11 is 0. The molecule has 13 heavy (non-hydrogen) atoms. The van der Waals surface area contributed by atoms with Gasteiger partial charge in [0.05, 0.1) is 6.61 Å². The summed E-state index contributed by atoms with van der Waals surface area (Å²) < 4.78 is 0. The Labute approximate surface area is 76.4 Å². The first kappa shape index (κ1) is 9.70. The van der Waals surface area contributed by atoms with Crippen LogP contribution in [0.15, 0.2) is 18.2 Å². The Hall–Kier alpha value is -1.39. The van der Waals surface area contributed by atoms with E-state index in [2.05, 4.69) is 5.32 Å². The summed E-state index contributed by atoms with van der Waals surface area (Å²) in [5.41, 5.74) is 7.65. The molecule has 0 radical (unpaired) electrons. The normalized spacial score (nSPS) is 9.69. The molecule has 0 aromatic heterocycles. The maximum Gasteiger partial charge on any atom is 0.211 e. The van der Waals surface area contributed by atoms with Crippen molar-refractivity contribution < 1.29 is 9.90 Å². The van der Waals surface area contributed by atoms with E-state index < -0.39 is 0 Å². The molecular formula is C9H12N2O2. The van der Waals surface area contributed by atoms with Crippen LogP contribution in [0, 0.1) is 0 Å². The molecule has 0 fully saturated rings. The molecule has 1 aromatic carbocycles. The monoisotopic (exact) mass is 180 g/mol. The maximum atomic E-state index is 10.2. The number of aliphatic hydroxyl groups excluding tert-OH is 1. The van der Waals surface area contributed by atoms with E-state index in [4.69, 9.17) is 10.8 Å². The first-order valence-electron chi connectivity index (χ1n) is 3.94. The Kier molecular flexibility index (Phi) is 3.42.